The van der Waals surface area contributed by atoms with E-state index in [0.29, 0.717) is 36.7 Å². The van der Waals surface area contributed by atoms with Crippen molar-refractivity contribution in [1.82, 2.24) is 15.0 Å². The molecule has 0 spiro atoms. The fraction of sp³-hybridized carbons (Fsp3) is 0.286. The second-order valence-corrected chi connectivity index (χ2v) is 6.97. The van der Waals surface area contributed by atoms with Crippen LogP contribution >= 0.6 is 0 Å². The molecule has 1 saturated heterocycles. The summed E-state index contributed by atoms with van der Waals surface area (Å²) in [5.41, 5.74) is 3.96. The summed E-state index contributed by atoms with van der Waals surface area (Å²) in [7, 11) is 0. The zero-order chi connectivity index (χ0) is 19.0. The van der Waals surface area contributed by atoms with Gasteiger partial charge in [-0.05, 0) is 43.5 Å². The lowest BCUT2D eigenvalue weighted by molar-refractivity contribution is -0.130. The Labute approximate surface area is 156 Å². The summed E-state index contributed by atoms with van der Waals surface area (Å²) < 4.78 is 18.9. The van der Waals surface area contributed by atoms with Crippen molar-refractivity contribution in [1.29, 1.82) is 0 Å². The van der Waals surface area contributed by atoms with Crippen molar-refractivity contribution in [2.45, 2.75) is 39.3 Å². The van der Waals surface area contributed by atoms with Crippen LogP contribution in [0.2, 0.25) is 0 Å². The second kappa shape index (κ2) is 6.95. The average molecular weight is 365 g/mol. The SMILES string of the molecule is Cc1ccc(C)c(CN2C(=O)CCC2c2nc(-c3cccc(F)c3)no2)c1. The number of aromatic nitrogens is 2. The summed E-state index contributed by atoms with van der Waals surface area (Å²) in [6.45, 7) is 4.59. The maximum atomic E-state index is 13.4. The Morgan fingerprint density at radius 3 is 2.89 bits per heavy atom. The molecular weight excluding hydrogens is 345 g/mol. The molecule has 0 radical (unpaired) electrons. The number of amides is 1. The molecule has 2 aromatic carbocycles. The summed E-state index contributed by atoms with van der Waals surface area (Å²) in [5.74, 6) is 0.443. The van der Waals surface area contributed by atoms with Crippen LogP contribution in [0.3, 0.4) is 0 Å². The number of carbonyl (C=O) groups is 1. The van der Waals surface area contributed by atoms with Gasteiger partial charge in [0.05, 0.1) is 0 Å². The van der Waals surface area contributed by atoms with Crippen LogP contribution in [0.1, 0.15) is 41.5 Å². The van der Waals surface area contributed by atoms with Gasteiger partial charge in [-0.1, -0.05) is 41.1 Å². The van der Waals surface area contributed by atoms with Gasteiger partial charge in [0.1, 0.15) is 11.9 Å². The molecule has 0 N–H and O–H groups in total. The lowest BCUT2D eigenvalue weighted by Gasteiger charge is -2.23. The van der Waals surface area contributed by atoms with Crippen LogP contribution in [0.25, 0.3) is 11.4 Å². The molecule has 1 unspecified atom stereocenters. The molecule has 4 rings (SSSR count). The minimum absolute atomic E-state index is 0.0754. The highest BCUT2D eigenvalue weighted by molar-refractivity contribution is 5.79. The Morgan fingerprint density at radius 2 is 2.07 bits per heavy atom. The first-order chi connectivity index (χ1) is 13.0. The molecule has 1 aliphatic rings. The maximum Gasteiger partial charge on any atom is 0.249 e. The van der Waals surface area contributed by atoms with Crippen molar-refractivity contribution in [3.63, 3.8) is 0 Å². The van der Waals surface area contributed by atoms with E-state index < -0.39 is 0 Å². The summed E-state index contributed by atoms with van der Waals surface area (Å²) >= 11 is 0. The van der Waals surface area contributed by atoms with E-state index in [1.54, 1.807) is 17.0 Å². The summed E-state index contributed by atoms with van der Waals surface area (Å²) in [5, 5.41) is 3.98. The number of aryl methyl sites for hydroxylation is 2. The van der Waals surface area contributed by atoms with Crippen molar-refractivity contribution >= 4 is 5.91 Å². The van der Waals surface area contributed by atoms with Crippen LogP contribution in [0.15, 0.2) is 47.0 Å². The van der Waals surface area contributed by atoms with Crippen molar-refractivity contribution in [3.8, 4) is 11.4 Å². The Morgan fingerprint density at radius 1 is 1.22 bits per heavy atom. The molecule has 5 nitrogen and oxygen atoms in total. The predicted molar refractivity (Wildman–Crippen MR) is 98.1 cm³/mol. The molecule has 6 heteroatoms. The minimum atomic E-state index is -0.355. The predicted octanol–water partition coefficient (Wildman–Crippen LogP) is 4.36. The van der Waals surface area contributed by atoms with Crippen molar-refractivity contribution in [2.24, 2.45) is 0 Å². The third-order valence-corrected chi connectivity index (χ3v) is 4.98. The number of hydrogen-bond acceptors (Lipinski definition) is 4. The maximum absolute atomic E-state index is 13.4. The molecule has 0 aliphatic carbocycles. The number of halogens is 1. The standard InChI is InChI=1S/C21H20FN3O2/c1-13-6-7-14(2)16(10-13)12-25-18(8-9-19(25)26)21-23-20(24-27-21)15-4-3-5-17(22)11-15/h3-7,10-11,18H,8-9,12H2,1-2H3. The highest BCUT2D eigenvalue weighted by Crippen LogP contribution is 2.34. The Kier molecular flexibility index (Phi) is 4.48. The zero-order valence-electron chi connectivity index (χ0n) is 15.3. The molecule has 1 amide bonds. The van der Waals surface area contributed by atoms with Gasteiger partial charge in [0.15, 0.2) is 0 Å². The van der Waals surface area contributed by atoms with Gasteiger partial charge in [0.2, 0.25) is 17.6 Å². The lowest BCUT2D eigenvalue weighted by atomic mass is 10.0. The molecule has 27 heavy (non-hydrogen) atoms. The third kappa shape index (κ3) is 3.47. The molecule has 1 atom stereocenters. The number of hydrogen-bond donors (Lipinski definition) is 0. The summed E-state index contributed by atoms with van der Waals surface area (Å²) in [4.78, 5) is 18.7. The average Bonchev–Trinajstić information content (AvgIpc) is 3.26. The van der Waals surface area contributed by atoms with E-state index in [2.05, 4.69) is 28.3 Å². The molecule has 0 saturated carbocycles. The van der Waals surface area contributed by atoms with Crippen molar-refractivity contribution in [2.75, 3.05) is 0 Å². The van der Waals surface area contributed by atoms with Crippen molar-refractivity contribution in [3.05, 3.63) is 70.9 Å². The van der Waals surface area contributed by atoms with Crippen LogP contribution in [-0.2, 0) is 11.3 Å². The van der Waals surface area contributed by atoms with E-state index in [9.17, 15) is 9.18 Å². The molecule has 138 valence electrons. The van der Waals surface area contributed by atoms with E-state index in [1.165, 1.54) is 12.1 Å². The fourth-order valence-corrected chi connectivity index (χ4v) is 3.46. The first-order valence-electron chi connectivity index (χ1n) is 8.96. The number of rotatable bonds is 4. The summed E-state index contributed by atoms with van der Waals surface area (Å²) in [6, 6.07) is 12.0. The van der Waals surface area contributed by atoms with Gasteiger partial charge in [-0.2, -0.15) is 4.98 Å². The molecule has 0 bridgehead atoms. The number of carbonyl (C=O) groups excluding carboxylic acids is 1. The molecule has 1 fully saturated rings. The van der Waals surface area contributed by atoms with Gasteiger partial charge in [-0.3, -0.25) is 4.79 Å². The summed E-state index contributed by atoms with van der Waals surface area (Å²) in [6.07, 6.45) is 1.09. The van der Waals surface area contributed by atoms with Crippen LogP contribution in [0.4, 0.5) is 4.39 Å². The van der Waals surface area contributed by atoms with Gasteiger partial charge in [-0.25, -0.2) is 4.39 Å². The Balaban J connectivity index is 1.61. The van der Waals surface area contributed by atoms with E-state index >= 15 is 0 Å². The largest absolute Gasteiger partial charge is 0.337 e. The van der Waals surface area contributed by atoms with Gasteiger partial charge in [-0.15, -0.1) is 0 Å². The number of benzene rings is 2. The highest BCUT2D eigenvalue weighted by Gasteiger charge is 2.36. The fourth-order valence-electron chi connectivity index (χ4n) is 3.46. The van der Waals surface area contributed by atoms with Crippen molar-refractivity contribution < 1.29 is 13.7 Å². The molecule has 1 aliphatic heterocycles. The smallest absolute Gasteiger partial charge is 0.249 e. The minimum Gasteiger partial charge on any atom is -0.337 e. The topological polar surface area (TPSA) is 59.2 Å². The van der Waals surface area contributed by atoms with Crippen LogP contribution in [-0.4, -0.2) is 20.9 Å². The Bertz CT molecular complexity index is 999. The lowest BCUT2D eigenvalue weighted by Crippen LogP contribution is -2.27. The first kappa shape index (κ1) is 17.4. The van der Waals surface area contributed by atoms with Crippen LogP contribution in [0, 0.1) is 19.7 Å². The zero-order valence-corrected chi connectivity index (χ0v) is 15.3. The molecular formula is C21H20FN3O2. The molecule has 3 aromatic rings. The van der Waals surface area contributed by atoms with E-state index in [1.807, 2.05) is 13.8 Å². The Hall–Kier alpha value is -3.02. The van der Waals surface area contributed by atoms with Gasteiger partial charge in [0, 0.05) is 18.5 Å². The number of nitrogens with zero attached hydrogens (tertiary/aromatic N) is 3. The van der Waals surface area contributed by atoms with E-state index in [0.717, 1.165) is 16.7 Å². The van der Waals surface area contributed by atoms with Gasteiger partial charge >= 0.3 is 0 Å². The molecule has 2 heterocycles. The van der Waals surface area contributed by atoms with Crippen LogP contribution in [0.5, 0.6) is 0 Å². The normalized spacial score (nSPS) is 16.9. The van der Waals surface area contributed by atoms with Crippen LogP contribution < -0.4 is 0 Å². The third-order valence-electron chi connectivity index (χ3n) is 4.98. The van der Waals surface area contributed by atoms with Gasteiger partial charge < -0.3 is 9.42 Å². The first-order valence-corrected chi connectivity index (χ1v) is 8.96. The second-order valence-electron chi connectivity index (χ2n) is 6.97. The van der Waals surface area contributed by atoms with E-state index in [4.69, 9.17) is 4.52 Å². The molecule has 1 aromatic heterocycles. The quantitative estimate of drug-likeness (QED) is 0.689. The highest BCUT2D eigenvalue weighted by atomic mass is 19.1. The number of likely N-dealkylation sites (tertiary alicyclic amines) is 1. The van der Waals surface area contributed by atoms with Gasteiger partial charge in [0.25, 0.3) is 0 Å². The van der Waals surface area contributed by atoms with E-state index in [-0.39, 0.29) is 17.8 Å². The monoisotopic (exact) mass is 365 g/mol.